The summed E-state index contributed by atoms with van der Waals surface area (Å²) >= 11 is 0. The first-order chi connectivity index (χ1) is 7.42. The Morgan fingerprint density at radius 3 is 2.50 bits per heavy atom. The van der Waals surface area contributed by atoms with Crippen LogP contribution >= 0.6 is 0 Å². The molecule has 0 saturated carbocycles. The highest BCUT2D eigenvalue weighted by molar-refractivity contribution is 5.42. The molecule has 0 aliphatic heterocycles. The van der Waals surface area contributed by atoms with Crippen molar-refractivity contribution in [1.82, 2.24) is 0 Å². The topological polar surface area (TPSA) is 44.5 Å². The van der Waals surface area contributed by atoms with E-state index in [0.717, 1.165) is 23.5 Å². The summed E-state index contributed by atoms with van der Waals surface area (Å²) in [4.78, 5) is 0. The van der Waals surface area contributed by atoms with Crippen molar-refractivity contribution in [2.75, 3.05) is 13.7 Å². The highest BCUT2D eigenvalue weighted by atomic mass is 16.5. The van der Waals surface area contributed by atoms with Crippen LogP contribution in [0.3, 0.4) is 0 Å². The number of ether oxygens (including phenoxy) is 2. The normalized spacial score (nSPS) is 11.3. The van der Waals surface area contributed by atoms with Gasteiger partial charge in [0.15, 0.2) is 11.5 Å². The van der Waals surface area contributed by atoms with Crippen molar-refractivity contribution >= 4 is 0 Å². The number of nitrogens with two attached hydrogens (primary N) is 1. The Hall–Kier alpha value is -1.22. The van der Waals surface area contributed by atoms with Crippen molar-refractivity contribution in [1.29, 1.82) is 0 Å². The van der Waals surface area contributed by atoms with Crippen molar-refractivity contribution in [2.24, 2.45) is 5.73 Å². The van der Waals surface area contributed by atoms with Gasteiger partial charge >= 0.3 is 0 Å². The average molecular weight is 223 g/mol. The van der Waals surface area contributed by atoms with Gasteiger partial charge in [0.25, 0.3) is 0 Å². The van der Waals surface area contributed by atoms with Crippen molar-refractivity contribution in [3.8, 4) is 11.5 Å². The first kappa shape index (κ1) is 12.8. The lowest BCUT2D eigenvalue weighted by molar-refractivity contribution is 0.260. The van der Waals surface area contributed by atoms with E-state index in [2.05, 4.69) is 0 Å². The van der Waals surface area contributed by atoms with E-state index in [4.69, 9.17) is 15.2 Å². The van der Waals surface area contributed by atoms with Crippen LogP contribution in [0.2, 0.25) is 0 Å². The second kappa shape index (κ2) is 5.21. The van der Waals surface area contributed by atoms with Crippen LogP contribution in [0.15, 0.2) is 18.2 Å². The Morgan fingerprint density at radius 2 is 1.94 bits per heavy atom. The molecule has 1 aromatic carbocycles. The molecule has 0 atom stereocenters. The number of hydrogen-bond donors (Lipinski definition) is 1. The summed E-state index contributed by atoms with van der Waals surface area (Å²) in [7, 11) is 1.65. The van der Waals surface area contributed by atoms with E-state index < -0.39 is 0 Å². The standard InChI is InChI=1S/C13H21NO2/c1-10-5-6-11(12(9-10)15-4)16-8-7-13(2,3)14/h5-6,9H,7-8,14H2,1-4H3. The zero-order valence-electron chi connectivity index (χ0n) is 10.5. The van der Waals surface area contributed by atoms with Crippen LogP contribution in [-0.4, -0.2) is 19.3 Å². The minimum absolute atomic E-state index is 0.196. The Labute approximate surface area is 97.6 Å². The van der Waals surface area contributed by atoms with Gasteiger partial charge in [-0.3, -0.25) is 0 Å². The van der Waals surface area contributed by atoms with E-state index in [1.54, 1.807) is 7.11 Å². The lowest BCUT2D eigenvalue weighted by Gasteiger charge is -2.19. The van der Waals surface area contributed by atoms with E-state index in [1.165, 1.54) is 0 Å². The van der Waals surface area contributed by atoms with Crippen LogP contribution in [0.4, 0.5) is 0 Å². The maximum Gasteiger partial charge on any atom is 0.161 e. The van der Waals surface area contributed by atoms with Crippen molar-refractivity contribution < 1.29 is 9.47 Å². The largest absolute Gasteiger partial charge is 0.493 e. The van der Waals surface area contributed by atoms with Crippen LogP contribution in [0.25, 0.3) is 0 Å². The molecule has 0 aliphatic carbocycles. The molecular weight excluding hydrogens is 202 g/mol. The van der Waals surface area contributed by atoms with E-state index >= 15 is 0 Å². The quantitative estimate of drug-likeness (QED) is 0.834. The van der Waals surface area contributed by atoms with Crippen molar-refractivity contribution in [3.05, 3.63) is 23.8 Å². The first-order valence-corrected chi connectivity index (χ1v) is 5.49. The number of aryl methyl sites for hydroxylation is 1. The third-order valence-electron chi connectivity index (χ3n) is 2.32. The summed E-state index contributed by atoms with van der Waals surface area (Å²) in [6.45, 7) is 6.60. The fraction of sp³-hybridized carbons (Fsp3) is 0.538. The van der Waals surface area contributed by atoms with Gasteiger partial charge in [0.2, 0.25) is 0 Å². The maximum atomic E-state index is 5.88. The molecular formula is C13H21NO2. The van der Waals surface area contributed by atoms with Crippen LogP contribution < -0.4 is 15.2 Å². The zero-order chi connectivity index (χ0) is 12.2. The Balaban J connectivity index is 2.60. The van der Waals surface area contributed by atoms with Crippen molar-refractivity contribution in [3.63, 3.8) is 0 Å². The molecule has 0 aromatic heterocycles. The van der Waals surface area contributed by atoms with Gasteiger partial charge in [0, 0.05) is 5.54 Å². The number of rotatable bonds is 5. The lowest BCUT2D eigenvalue weighted by Crippen LogP contribution is -2.33. The summed E-state index contributed by atoms with van der Waals surface area (Å²) in [5.41, 5.74) is 6.84. The Bertz CT molecular complexity index is 342. The molecule has 3 heteroatoms. The predicted molar refractivity (Wildman–Crippen MR) is 66.1 cm³/mol. The summed E-state index contributed by atoms with van der Waals surface area (Å²) in [5.74, 6) is 1.55. The van der Waals surface area contributed by atoms with Gasteiger partial charge in [-0.05, 0) is 44.9 Å². The monoisotopic (exact) mass is 223 g/mol. The van der Waals surface area contributed by atoms with Crippen LogP contribution in [0.1, 0.15) is 25.8 Å². The molecule has 16 heavy (non-hydrogen) atoms. The summed E-state index contributed by atoms with van der Waals surface area (Å²) in [6.07, 6.45) is 0.810. The fourth-order valence-electron chi connectivity index (χ4n) is 1.32. The highest BCUT2D eigenvalue weighted by Crippen LogP contribution is 2.28. The zero-order valence-corrected chi connectivity index (χ0v) is 10.5. The minimum Gasteiger partial charge on any atom is -0.493 e. The molecule has 0 bridgehead atoms. The van der Waals surface area contributed by atoms with Crippen LogP contribution in [0, 0.1) is 6.92 Å². The molecule has 1 aromatic rings. The van der Waals surface area contributed by atoms with Gasteiger partial charge in [-0.1, -0.05) is 6.07 Å². The summed E-state index contributed by atoms with van der Waals surface area (Å²) in [6, 6.07) is 5.89. The van der Waals surface area contributed by atoms with Gasteiger partial charge in [0.1, 0.15) is 0 Å². The second-order valence-corrected chi connectivity index (χ2v) is 4.74. The third-order valence-corrected chi connectivity index (χ3v) is 2.32. The molecule has 0 unspecified atom stereocenters. The molecule has 0 fully saturated rings. The number of benzene rings is 1. The van der Waals surface area contributed by atoms with Gasteiger partial charge in [-0.25, -0.2) is 0 Å². The molecule has 0 aliphatic rings. The molecule has 1 rings (SSSR count). The van der Waals surface area contributed by atoms with Gasteiger partial charge < -0.3 is 15.2 Å². The highest BCUT2D eigenvalue weighted by Gasteiger charge is 2.11. The van der Waals surface area contributed by atoms with Crippen molar-refractivity contribution in [2.45, 2.75) is 32.7 Å². The van der Waals surface area contributed by atoms with Gasteiger partial charge in [0.05, 0.1) is 13.7 Å². The van der Waals surface area contributed by atoms with E-state index in [-0.39, 0.29) is 5.54 Å². The molecule has 0 amide bonds. The molecule has 0 saturated heterocycles. The Kier molecular flexibility index (Phi) is 4.19. The summed E-state index contributed by atoms with van der Waals surface area (Å²) < 4.78 is 10.9. The molecule has 2 N–H and O–H groups in total. The second-order valence-electron chi connectivity index (χ2n) is 4.74. The van der Waals surface area contributed by atoms with E-state index in [0.29, 0.717) is 6.61 Å². The van der Waals surface area contributed by atoms with Crippen LogP contribution in [-0.2, 0) is 0 Å². The van der Waals surface area contributed by atoms with Gasteiger partial charge in [-0.2, -0.15) is 0 Å². The molecule has 0 spiro atoms. The van der Waals surface area contributed by atoms with E-state index in [9.17, 15) is 0 Å². The van der Waals surface area contributed by atoms with E-state index in [1.807, 2.05) is 39.0 Å². The molecule has 3 nitrogen and oxygen atoms in total. The number of methoxy groups -OCH3 is 1. The lowest BCUT2D eigenvalue weighted by atomic mass is 10.0. The van der Waals surface area contributed by atoms with Crippen LogP contribution in [0.5, 0.6) is 11.5 Å². The minimum atomic E-state index is -0.196. The van der Waals surface area contributed by atoms with Gasteiger partial charge in [-0.15, -0.1) is 0 Å². The summed E-state index contributed by atoms with van der Waals surface area (Å²) in [5, 5.41) is 0. The predicted octanol–water partition coefficient (Wildman–Crippen LogP) is 2.51. The fourth-order valence-corrected chi connectivity index (χ4v) is 1.32. The maximum absolute atomic E-state index is 5.88. The molecule has 90 valence electrons. The average Bonchev–Trinajstić information content (AvgIpc) is 2.18. The first-order valence-electron chi connectivity index (χ1n) is 5.49. The SMILES string of the molecule is COc1cc(C)ccc1OCCC(C)(C)N. The smallest absolute Gasteiger partial charge is 0.161 e. The molecule has 0 radical (unpaired) electrons. The third kappa shape index (κ3) is 4.11. The number of hydrogen-bond acceptors (Lipinski definition) is 3. The molecule has 0 heterocycles. The Morgan fingerprint density at radius 1 is 1.25 bits per heavy atom.